The Labute approximate surface area is 59.1 Å². The molecule has 0 aromatic carbocycles. The Balaban J connectivity index is 0. The van der Waals surface area contributed by atoms with E-state index in [-0.39, 0.29) is 12.4 Å². The molecule has 0 radical (unpaired) electrons. The van der Waals surface area contributed by atoms with E-state index in [2.05, 4.69) is 0 Å². The molecule has 8 heavy (non-hydrogen) atoms. The summed E-state index contributed by atoms with van der Waals surface area (Å²) in [5.74, 6) is 0.718. The van der Waals surface area contributed by atoms with E-state index in [0.29, 0.717) is 0 Å². The van der Waals surface area contributed by atoms with Gasteiger partial charge in [0.25, 0.3) is 0 Å². The zero-order valence-electron chi connectivity index (χ0n) is 4.59. The van der Waals surface area contributed by atoms with Crippen molar-refractivity contribution in [2.45, 2.75) is 13.3 Å². The molecule has 0 bridgehead atoms. The van der Waals surface area contributed by atoms with Crippen LogP contribution in [0.3, 0.4) is 0 Å². The molecule has 0 amide bonds. The number of hydrogen-bond donors (Lipinski definition) is 1. The molecule has 0 rings (SSSR count). The summed E-state index contributed by atoms with van der Waals surface area (Å²) in [6.07, 6.45) is 0.928. The lowest BCUT2D eigenvalue weighted by Crippen LogP contribution is -1.84. The van der Waals surface area contributed by atoms with Gasteiger partial charge in [0, 0.05) is 5.75 Å². The molecule has 0 fully saturated rings. The van der Waals surface area contributed by atoms with Crippen LogP contribution >= 0.6 is 24.2 Å². The number of thioether (sulfide) groups is 1. The normalized spacial score (nSPS) is 7.62. The molecule has 0 spiro atoms. The summed E-state index contributed by atoms with van der Waals surface area (Å²) in [5, 5.41) is 7.23. The third-order valence-electron chi connectivity index (χ3n) is 0.430. The molecule has 0 saturated heterocycles. The molecule has 0 heterocycles. The summed E-state index contributed by atoms with van der Waals surface area (Å²) in [7, 11) is 0. The average molecular weight is 157 g/mol. The summed E-state index contributed by atoms with van der Waals surface area (Å²) in [6, 6.07) is 0. The van der Waals surface area contributed by atoms with E-state index in [9.17, 15) is 4.79 Å². The van der Waals surface area contributed by atoms with Crippen LogP contribution in [-0.4, -0.2) is 16.2 Å². The molecule has 1 N–H and O–H groups in total. The largest absolute Gasteiger partial charge is 0.473 e. The Hall–Kier alpha value is 0.110. The molecule has 0 aliphatic rings. The van der Waals surface area contributed by atoms with Crippen LogP contribution in [0.25, 0.3) is 0 Å². The average Bonchev–Trinajstić information content (AvgIpc) is 1.61. The predicted octanol–water partition coefficient (Wildman–Crippen LogP) is 2.23. The van der Waals surface area contributed by atoms with Crippen LogP contribution in [0.5, 0.6) is 0 Å². The molecule has 0 aliphatic heterocycles. The summed E-state index contributed by atoms with van der Waals surface area (Å²) in [4.78, 5) is 9.72. The van der Waals surface area contributed by atoms with Crippen molar-refractivity contribution in [2.24, 2.45) is 0 Å². The van der Waals surface area contributed by atoms with E-state index < -0.39 is 5.30 Å². The monoisotopic (exact) mass is 156 g/mol. The number of carboxylic acid groups (broad SMARTS) is 1. The highest BCUT2D eigenvalue weighted by atomic mass is 35.5. The van der Waals surface area contributed by atoms with Gasteiger partial charge in [0.15, 0.2) is 0 Å². The van der Waals surface area contributed by atoms with Crippen molar-refractivity contribution in [1.29, 1.82) is 0 Å². The van der Waals surface area contributed by atoms with E-state index >= 15 is 0 Å². The van der Waals surface area contributed by atoms with E-state index in [1.165, 1.54) is 0 Å². The lowest BCUT2D eigenvalue weighted by Gasteiger charge is -1.85. The Morgan fingerprint density at radius 3 is 2.38 bits per heavy atom. The maximum absolute atomic E-state index is 9.72. The van der Waals surface area contributed by atoms with Crippen molar-refractivity contribution in [2.75, 3.05) is 5.75 Å². The van der Waals surface area contributed by atoms with Gasteiger partial charge in [-0.15, -0.1) is 12.4 Å². The standard InChI is InChI=1S/C4H8O2S.ClH/c1-2-3-7-4(5)6;/h2-3H2,1H3,(H,5,6);1H. The Morgan fingerprint density at radius 1 is 1.75 bits per heavy atom. The minimum absolute atomic E-state index is 0. The van der Waals surface area contributed by atoms with E-state index in [1.807, 2.05) is 6.92 Å². The van der Waals surface area contributed by atoms with Crippen molar-refractivity contribution in [3.63, 3.8) is 0 Å². The lowest BCUT2D eigenvalue weighted by molar-refractivity contribution is 0.222. The van der Waals surface area contributed by atoms with Crippen LogP contribution in [0.4, 0.5) is 4.79 Å². The molecular formula is C4H9ClO2S. The first-order chi connectivity index (χ1) is 3.27. The molecule has 2 nitrogen and oxygen atoms in total. The van der Waals surface area contributed by atoms with Gasteiger partial charge < -0.3 is 5.11 Å². The first-order valence-corrected chi connectivity index (χ1v) is 3.11. The number of rotatable bonds is 2. The predicted molar refractivity (Wildman–Crippen MR) is 38.0 cm³/mol. The summed E-state index contributed by atoms with van der Waals surface area (Å²) < 4.78 is 0. The summed E-state index contributed by atoms with van der Waals surface area (Å²) >= 11 is 0.948. The van der Waals surface area contributed by atoms with Gasteiger partial charge in [-0.05, 0) is 18.2 Å². The highest BCUT2D eigenvalue weighted by Gasteiger charge is 1.91. The fraction of sp³-hybridized carbons (Fsp3) is 0.750. The Bertz CT molecular complexity index is 67.1. The van der Waals surface area contributed by atoms with Crippen LogP contribution in [0.15, 0.2) is 0 Å². The van der Waals surface area contributed by atoms with Crippen molar-refractivity contribution in [3.8, 4) is 0 Å². The quantitative estimate of drug-likeness (QED) is 0.666. The third kappa shape index (κ3) is 9.44. The third-order valence-corrected chi connectivity index (χ3v) is 1.29. The second-order valence-electron chi connectivity index (χ2n) is 1.11. The lowest BCUT2D eigenvalue weighted by atomic mass is 10.6. The number of hydrogen-bond acceptors (Lipinski definition) is 2. The number of carbonyl (C=O) groups is 1. The molecular weight excluding hydrogens is 148 g/mol. The maximum Gasteiger partial charge on any atom is 0.364 e. The van der Waals surface area contributed by atoms with E-state index in [4.69, 9.17) is 5.11 Å². The van der Waals surface area contributed by atoms with Gasteiger partial charge in [-0.1, -0.05) is 6.92 Å². The fourth-order valence-corrected chi connectivity index (χ4v) is 0.568. The minimum atomic E-state index is -0.776. The van der Waals surface area contributed by atoms with E-state index in [1.54, 1.807) is 0 Å². The molecule has 0 aliphatic carbocycles. The van der Waals surface area contributed by atoms with Gasteiger partial charge in [-0.3, -0.25) is 0 Å². The van der Waals surface area contributed by atoms with Crippen LogP contribution in [0.2, 0.25) is 0 Å². The molecule has 0 aromatic rings. The van der Waals surface area contributed by atoms with E-state index in [0.717, 1.165) is 23.9 Å². The molecule has 0 unspecified atom stereocenters. The first-order valence-electron chi connectivity index (χ1n) is 2.13. The molecule has 4 heteroatoms. The molecule has 50 valence electrons. The van der Waals surface area contributed by atoms with Crippen molar-refractivity contribution in [3.05, 3.63) is 0 Å². The SMILES string of the molecule is CCCSC(=O)O.Cl. The summed E-state index contributed by atoms with van der Waals surface area (Å²) in [6.45, 7) is 1.95. The van der Waals surface area contributed by atoms with Gasteiger partial charge in [-0.2, -0.15) is 0 Å². The van der Waals surface area contributed by atoms with Gasteiger partial charge in [0.2, 0.25) is 0 Å². The van der Waals surface area contributed by atoms with Crippen molar-refractivity contribution in [1.82, 2.24) is 0 Å². The molecule has 0 saturated carbocycles. The van der Waals surface area contributed by atoms with Crippen molar-refractivity contribution >= 4 is 29.5 Å². The topological polar surface area (TPSA) is 37.3 Å². The van der Waals surface area contributed by atoms with Crippen LogP contribution in [0.1, 0.15) is 13.3 Å². The van der Waals surface area contributed by atoms with Gasteiger partial charge in [-0.25, -0.2) is 4.79 Å². The zero-order valence-corrected chi connectivity index (χ0v) is 6.22. The second-order valence-corrected chi connectivity index (χ2v) is 2.16. The smallest absolute Gasteiger partial charge is 0.364 e. The fourth-order valence-electron chi connectivity index (χ4n) is 0.189. The van der Waals surface area contributed by atoms with Crippen LogP contribution in [-0.2, 0) is 0 Å². The number of halogens is 1. The highest BCUT2D eigenvalue weighted by Crippen LogP contribution is 2.00. The minimum Gasteiger partial charge on any atom is -0.473 e. The first kappa shape index (κ1) is 11.0. The van der Waals surface area contributed by atoms with Gasteiger partial charge in [0.05, 0.1) is 0 Å². The Kier molecular flexibility index (Phi) is 9.76. The van der Waals surface area contributed by atoms with Gasteiger partial charge >= 0.3 is 5.30 Å². The highest BCUT2D eigenvalue weighted by molar-refractivity contribution is 8.13. The zero-order chi connectivity index (χ0) is 5.70. The van der Waals surface area contributed by atoms with Crippen LogP contribution in [0, 0.1) is 0 Å². The molecule has 0 atom stereocenters. The second kappa shape index (κ2) is 7.11. The summed E-state index contributed by atoms with van der Waals surface area (Å²) in [5.41, 5.74) is 0. The van der Waals surface area contributed by atoms with Gasteiger partial charge in [0.1, 0.15) is 0 Å². The van der Waals surface area contributed by atoms with Crippen molar-refractivity contribution < 1.29 is 9.90 Å². The maximum atomic E-state index is 9.72. The molecule has 0 aromatic heterocycles. The van der Waals surface area contributed by atoms with Crippen LogP contribution < -0.4 is 0 Å². The Morgan fingerprint density at radius 2 is 2.25 bits per heavy atom.